The zero-order valence-electron chi connectivity index (χ0n) is 15.1. The minimum atomic E-state index is 0.841. The van der Waals surface area contributed by atoms with Crippen LogP contribution in [0.4, 0.5) is 5.82 Å². The van der Waals surface area contributed by atoms with Crippen molar-refractivity contribution in [3.05, 3.63) is 53.7 Å². The highest BCUT2D eigenvalue weighted by molar-refractivity contribution is 5.41. The molecule has 0 fully saturated rings. The van der Waals surface area contributed by atoms with Crippen LogP contribution in [0.5, 0.6) is 5.75 Å². The Balaban J connectivity index is 1.91. The lowest BCUT2D eigenvalue weighted by molar-refractivity contribution is 0.414. The van der Waals surface area contributed by atoms with Gasteiger partial charge in [0.15, 0.2) is 0 Å². The van der Waals surface area contributed by atoms with Gasteiger partial charge in [-0.3, -0.25) is 0 Å². The predicted molar refractivity (Wildman–Crippen MR) is 101 cm³/mol. The molecule has 0 spiro atoms. The van der Waals surface area contributed by atoms with E-state index in [-0.39, 0.29) is 0 Å². The number of methoxy groups -OCH3 is 1. The Kier molecular flexibility index (Phi) is 7.56. The molecule has 130 valence electrons. The summed E-state index contributed by atoms with van der Waals surface area (Å²) in [4.78, 5) is 6.91. The lowest BCUT2D eigenvalue weighted by atomic mass is 10.2. The van der Waals surface area contributed by atoms with Crippen molar-refractivity contribution < 1.29 is 4.74 Å². The van der Waals surface area contributed by atoms with Crippen LogP contribution in [0.3, 0.4) is 0 Å². The average molecular weight is 327 g/mol. The van der Waals surface area contributed by atoms with E-state index in [0.717, 1.165) is 50.6 Å². The van der Waals surface area contributed by atoms with Crippen LogP contribution >= 0.6 is 0 Å². The van der Waals surface area contributed by atoms with Gasteiger partial charge in [0.25, 0.3) is 0 Å². The summed E-state index contributed by atoms with van der Waals surface area (Å²) in [6.07, 6.45) is 4.20. The van der Waals surface area contributed by atoms with E-state index in [4.69, 9.17) is 4.74 Å². The molecule has 4 nitrogen and oxygen atoms in total. The van der Waals surface area contributed by atoms with E-state index in [2.05, 4.69) is 53.3 Å². The molecule has 1 aromatic heterocycles. The lowest BCUT2D eigenvalue weighted by Gasteiger charge is -2.23. The fourth-order valence-electron chi connectivity index (χ4n) is 2.72. The predicted octanol–water partition coefficient (Wildman–Crippen LogP) is 4.01. The molecule has 1 aromatic carbocycles. The van der Waals surface area contributed by atoms with Crippen molar-refractivity contribution in [1.29, 1.82) is 0 Å². The molecular weight excluding hydrogens is 298 g/mol. The highest BCUT2D eigenvalue weighted by Crippen LogP contribution is 2.14. The SMILES string of the molecule is CCCN(CCC)c1cc(CNCc2ccc(OC)cc2)ccn1. The summed E-state index contributed by atoms with van der Waals surface area (Å²) < 4.78 is 5.19. The molecule has 2 aromatic rings. The molecule has 0 saturated heterocycles. The molecular formula is C20H29N3O. The van der Waals surface area contributed by atoms with Gasteiger partial charge in [0.1, 0.15) is 11.6 Å². The minimum Gasteiger partial charge on any atom is -0.497 e. The fraction of sp³-hybridized carbons (Fsp3) is 0.450. The van der Waals surface area contributed by atoms with Crippen LogP contribution in [-0.4, -0.2) is 25.2 Å². The van der Waals surface area contributed by atoms with Gasteiger partial charge in [0.2, 0.25) is 0 Å². The first-order valence-corrected chi connectivity index (χ1v) is 8.80. The van der Waals surface area contributed by atoms with Gasteiger partial charge in [-0.2, -0.15) is 0 Å². The van der Waals surface area contributed by atoms with Gasteiger partial charge in [0.05, 0.1) is 7.11 Å². The van der Waals surface area contributed by atoms with Crippen molar-refractivity contribution in [2.75, 3.05) is 25.1 Å². The number of nitrogens with zero attached hydrogens (tertiary/aromatic N) is 2. The normalized spacial score (nSPS) is 10.6. The van der Waals surface area contributed by atoms with Gasteiger partial charge >= 0.3 is 0 Å². The minimum absolute atomic E-state index is 0.841. The van der Waals surface area contributed by atoms with Gasteiger partial charge in [-0.25, -0.2) is 4.98 Å². The number of aromatic nitrogens is 1. The summed E-state index contributed by atoms with van der Waals surface area (Å²) in [6, 6.07) is 12.5. The Morgan fingerprint density at radius 2 is 1.62 bits per heavy atom. The second-order valence-corrected chi connectivity index (χ2v) is 5.96. The van der Waals surface area contributed by atoms with Crippen molar-refractivity contribution >= 4 is 5.82 Å². The number of nitrogens with one attached hydrogen (secondary N) is 1. The maximum atomic E-state index is 5.19. The van der Waals surface area contributed by atoms with Crippen LogP contribution in [0.25, 0.3) is 0 Å². The van der Waals surface area contributed by atoms with Gasteiger partial charge in [-0.05, 0) is 48.2 Å². The summed E-state index contributed by atoms with van der Waals surface area (Å²) in [6.45, 7) is 8.22. The molecule has 0 atom stereocenters. The summed E-state index contributed by atoms with van der Waals surface area (Å²) in [5.41, 5.74) is 2.52. The fourth-order valence-corrected chi connectivity index (χ4v) is 2.72. The first kappa shape index (κ1) is 18.3. The van der Waals surface area contributed by atoms with Crippen molar-refractivity contribution in [2.24, 2.45) is 0 Å². The monoisotopic (exact) mass is 327 g/mol. The van der Waals surface area contributed by atoms with Crippen molar-refractivity contribution in [1.82, 2.24) is 10.3 Å². The first-order chi connectivity index (χ1) is 11.8. The van der Waals surface area contributed by atoms with Gasteiger partial charge in [-0.1, -0.05) is 26.0 Å². The molecule has 0 radical (unpaired) electrons. The summed E-state index contributed by atoms with van der Waals surface area (Å²) in [5.74, 6) is 1.98. The molecule has 24 heavy (non-hydrogen) atoms. The van der Waals surface area contributed by atoms with Crippen molar-refractivity contribution in [2.45, 2.75) is 39.8 Å². The standard InChI is InChI=1S/C20H29N3O/c1-4-12-23(13-5-2)20-14-18(10-11-22-20)16-21-15-17-6-8-19(24-3)9-7-17/h6-11,14,21H,4-5,12-13,15-16H2,1-3H3. The smallest absolute Gasteiger partial charge is 0.128 e. The Labute approximate surface area is 145 Å². The van der Waals surface area contributed by atoms with Gasteiger partial charge in [-0.15, -0.1) is 0 Å². The third-order valence-electron chi connectivity index (χ3n) is 3.94. The lowest BCUT2D eigenvalue weighted by Crippen LogP contribution is -2.26. The van der Waals surface area contributed by atoms with Crippen LogP contribution in [0.15, 0.2) is 42.6 Å². The Morgan fingerprint density at radius 1 is 0.958 bits per heavy atom. The summed E-state index contributed by atoms with van der Waals surface area (Å²) >= 11 is 0. The number of benzene rings is 1. The highest BCUT2D eigenvalue weighted by Gasteiger charge is 2.06. The van der Waals surface area contributed by atoms with E-state index in [0.29, 0.717) is 0 Å². The summed E-state index contributed by atoms with van der Waals surface area (Å²) in [5, 5.41) is 3.50. The molecule has 0 aliphatic heterocycles. The molecule has 0 bridgehead atoms. The van der Waals surface area contributed by atoms with Gasteiger partial charge in [0, 0.05) is 32.4 Å². The number of ether oxygens (including phenoxy) is 1. The number of anilines is 1. The number of pyridine rings is 1. The average Bonchev–Trinajstić information content (AvgIpc) is 2.62. The van der Waals surface area contributed by atoms with E-state index in [9.17, 15) is 0 Å². The zero-order chi connectivity index (χ0) is 17.2. The van der Waals surface area contributed by atoms with Crippen molar-refractivity contribution in [3.8, 4) is 5.75 Å². The van der Waals surface area contributed by atoms with E-state index >= 15 is 0 Å². The second-order valence-electron chi connectivity index (χ2n) is 5.96. The molecule has 0 saturated carbocycles. The van der Waals surface area contributed by atoms with Crippen LogP contribution in [0.2, 0.25) is 0 Å². The molecule has 0 unspecified atom stereocenters. The summed E-state index contributed by atoms with van der Waals surface area (Å²) in [7, 11) is 1.69. The van der Waals surface area contributed by atoms with Crippen LogP contribution in [0, 0.1) is 0 Å². The largest absolute Gasteiger partial charge is 0.497 e. The Morgan fingerprint density at radius 3 is 2.25 bits per heavy atom. The van der Waals surface area contributed by atoms with Crippen LogP contribution < -0.4 is 15.0 Å². The third kappa shape index (κ3) is 5.53. The molecule has 2 rings (SSSR count). The van der Waals surface area contributed by atoms with Crippen LogP contribution in [-0.2, 0) is 13.1 Å². The topological polar surface area (TPSA) is 37.4 Å². The molecule has 0 amide bonds. The Hall–Kier alpha value is -2.07. The molecule has 0 aliphatic carbocycles. The molecule has 4 heteroatoms. The second kappa shape index (κ2) is 9.93. The van der Waals surface area contributed by atoms with E-state index < -0.39 is 0 Å². The van der Waals surface area contributed by atoms with E-state index in [1.54, 1.807) is 7.11 Å². The maximum Gasteiger partial charge on any atom is 0.128 e. The van der Waals surface area contributed by atoms with E-state index in [1.165, 1.54) is 11.1 Å². The quantitative estimate of drug-likeness (QED) is 0.715. The van der Waals surface area contributed by atoms with E-state index in [1.807, 2.05) is 18.3 Å². The maximum absolute atomic E-state index is 5.19. The molecule has 1 N–H and O–H groups in total. The number of hydrogen-bond donors (Lipinski definition) is 1. The van der Waals surface area contributed by atoms with Crippen LogP contribution in [0.1, 0.15) is 37.8 Å². The third-order valence-corrected chi connectivity index (χ3v) is 3.94. The molecule has 0 aliphatic rings. The highest BCUT2D eigenvalue weighted by atomic mass is 16.5. The van der Waals surface area contributed by atoms with Crippen molar-refractivity contribution in [3.63, 3.8) is 0 Å². The first-order valence-electron chi connectivity index (χ1n) is 8.80. The van der Waals surface area contributed by atoms with Gasteiger partial charge < -0.3 is 15.0 Å². The number of rotatable bonds is 10. The molecule has 1 heterocycles. The zero-order valence-corrected chi connectivity index (χ0v) is 15.1. The Bertz CT molecular complexity index is 592. The number of hydrogen-bond acceptors (Lipinski definition) is 4.